The van der Waals surface area contributed by atoms with Gasteiger partial charge in [-0.1, -0.05) is 35.5 Å². The van der Waals surface area contributed by atoms with E-state index in [0.717, 1.165) is 28.1 Å². The van der Waals surface area contributed by atoms with Gasteiger partial charge < -0.3 is 10.4 Å². The van der Waals surface area contributed by atoms with Crippen molar-refractivity contribution in [2.45, 2.75) is 6.61 Å². The van der Waals surface area contributed by atoms with Crippen molar-refractivity contribution in [3.63, 3.8) is 0 Å². The van der Waals surface area contributed by atoms with Gasteiger partial charge in [0.05, 0.1) is 35.8 Å². The molecule has 5 rings (SSSR count). The van der Waals surface area contributed by atoms with Gasteiger partial charge in [0.15, 0.2) is 5.65 Å². The highest BCUT2D eigenvalue weighted by Crippen LogP contribution is 2.27. The van der Waals surface area contributed by atoms with Gasteiger partial charge in [-0.2, -0.15) is 10.2 Å². The predicted octanol–water partition coefficient (Wildman–Crippen LogP) is 2.19. The van der Waals surface area contributed by atoms with E-state index in [2.05, 4.69) is 25.8 Å². The lowest BCUT2D eigenvalue weighted by Crippen LogP contribution is -2.04. The molecule has 4 heterocycles. The number of nitrogens with one attached hydrogen (secondary N) is 1. The number of hydrogen-bond donors (Lipinski definition) is 2. The number of aromatic nitrogens is 8. The second-order valence-corrected chi connectivity index (χ2v) is 6.87. The van der Waals surface area contributed by atoms with Crippen molar-refractivity contribution in [3.8, 4) is 16.9 Å². The normalized spacial score (nSPS) is 11.3. The van der Waals surface area contributed by atoms with E-state index in [4.69, 9.17) is 4.98 Å². The lowest BCUT2D eigenvalue weighted by atomic mass is 10.1. The van der Waals surface area contributed by atoms with Gasteiger partial charge in [-0.3, -0.25) is 9.36 Å². The Morgan fingerprint density at radius 1 is 1.07 bits per heavy atom. The van der Waals surface area contributed by atoms with Gasteiger partial charge in [0.2, 0.25) is 0 Å². The minimum atomic E-state index is -0.177. The van der Waals surface area contributed by atoms with E-state index in [1.807, 2.05) is 56.6 Å². The third kappa shape index (κ3) is 3.08. The average molecular weight is 401 g/mol. The molecule has 1 aromatic carbocycles. The Labute approximate surface area is 171 Å². The van der Waals surface area contributed by atoms with Gasteiger partial charge >= 0.3 is 0 Å². The molecule has 0 saturated carbocycles. The third-order valence-corrected chi connectivity index (χ3v) is 4.84. The summed E-state index contributed by atoms with van der Waals surface area (Å²) >= 11 is 0. The number of benzene rings is 1. The molecule has 0 saturated heterocycles. The maximum Gasteiger partial charge on any atom is 0.162 e. The van der Waals surface area contributed by atoms with E-state index in [0.29, 0.717) is 17.2 Å². The lowest BCUT2D eigenvalue weighted by Gasteiger charge is -2.09. The number of pyridine rings is 1. The van der Waals surface area contributed by atoms with Gasteiger partial charge in [0.25, 0.3) is 0 Å². The van der Waals surface area contributed by atoms with E-state index in [9.17, 15) is 5.11 Å². The van der Waals surface area contributed by atoms with Crippen LogP contribution in [0.25, 0.3) is 28.0 Å². The van der Waals surface area contributed by atoms with Crippen LogP contribution in [-0.4, -0.2) is 44.6 Å². The summed E-state index contributed by atoms with van der Waals surface area (Å²) in [6.45, 7) is -0.177. The molecule has 4 aromatic heterocycles. The van der Waals surface area contributed by atoms with E-state index in [1.54, 1.807) is 26.4 Å². The number of rotatable bonds is 5. The first-order valence-electron chi connectivity index (χ1n) is 9.34. The summed E-state index contributed by atoms with van der Waals surface area (Å²) in [5.41, 5.74) is 3.84. The summed E-state index contributed by atoms with van der Waals surface area (Å²) in [6.07, 6.45) is 3.42. The zero-order valence-corrected chi connectivity index (χ0v) is 16.4. The molecule has 0 amide bonds. The van der Waals surface area contributed by atoms with E-state index < -0.39 is 0 Å². The Morgan fingerprint density at radius 2 is 1.90 bits per heavy atom. The van der Waals surface area contributed by atoms with Crippen molar-refractivity contribution in [2.75, 3.05) is 5.32 Å². The fraction of sp³-hybridized carbons (Fsp3) is 0.150. The summed E-state index contributed by atoms with van der Waals surface area (Å²) < 4.78 is 5.09. The molecule has 0 radical (unpaired) electrons. The molecule has 0 unspecified atom stereocenters. The van der Waals surface area contributed by atoms with Crippen LogP contribution < -0.4 is 5.32 Å². The second-order valence-electron chi connectivity index (χ2n) is 6.87. The van der Waals surface area contributed by atoms with E-state index in [-0.39, 0.29) is 6.61 Å². The number of aliphatic hydroxyl groups is 1. The van der Waals surface area contributed by atoms with Gasteiger partial charge in [0, 0.05) is 31.8 Å². The Kier molecular flexibility index (Phi) is 4.25. The molecular formula is C20H19N9O. The Bertz CT molecular complexity index is 1330. The van der Waals surface area contributed by atoms with Crippen LogP contribution in [-0.2, 0) is 20.7 Å². The maximum absolute atomic E-state index is 9.32. The van der Waals surface area contributed by atoms with E-state index in [1.165, 1.54) is 0 Å². The van der Waals surface area contributed by atoms with Crippen LogP contribution in [0.5, 0.6) is 0 Å². The van der Waals surface area contributed by atoms with Gasteiger partial charge in [-0.15, -0.1) is 5.10 Å². The highest BCUT2D eigenvalue weighted by atomic mass is 16.3. The molecule has 150 valence electrons. The minimum Gasteiger partial charge on any atom is -0.390 e. The van der Waals surface area contributed by atoms with Crippen molar-refractivity contribution in [1.82, 2.24) is 39.5 Å². The lowest BCUT2D eigenvalue weighted by molar-refractivity contribution is 0.276. The molecule has 2 N–H and O–H groups in total. The molecule has 0 aliphatic heterocycles. The molecule has 5 aromatic rings. The minimum absolute atomic E-state index is 0.177. The van der Waals surface area contributed by atoms with Crippen LogP contribution in [0.1, 0.15) is 5.69 Å². The van der Waals surface area contributed by atoms with Crippen molar-refractivity contribution in [3.05, 3.63) is 60.6 Å². The molecule has 0 atom stereocenters. The number of hydrogen-bond acceptors (Lipinski definition) is 7. The highest BCUT2D eigenvalue weighted by molar-refractivity contribution is 5.86. The second kappa shape index (κ2) is 7.08. The standard InChI is InChI=1S/C20H19N9O/c1-27-19(8-16(25-27)13-6-4-3-5-7-13)22-18-9-17(29-11-14(12-30)24-26-29)15-10-21-28(2)20(15)23-18/h3-11,30H,12H2,1-2H3,(H,22,23). The van der Waals surface area contributed by atoms with Crippen molar-refractivity contribution in [1.29, 1.82) is 0 Å². The third-order valence-electron chi connectivity index (χ3n) is 4.84. The van der Waals surface area contributed by atoms with Crippen LogP contribution in [0.3, 0.4) is 0 Å². The number of aliphatic hydroxyl groups excluding tert-OH is 1. The molecule has 0 aliphatic rings. The fourth-order valence-corrected chi connectivity index (χ4v) is 3.31. The smallest absolute Gasteiger partial charge is 0.162 e. The first-order chi connectivity index (χ1) is 14.6. The van der Waals surface area contributed by atoms with Gasteiger partial charge in [-0.25, -0.2) is 9.67 Å². The SMILES string of the molecule is Cn1nc(-c2ccccc2)cc1Nc1cc(-n2cc(CO)nn2)c2cnn(C)c2n1. The quantitative estimate of drug-likeness (QED) is 0.464. The fourth-order valence-electron chi connectivity index (χ4n) is 3.31. The van der Waals surface area contributed by atoms with Crippen LogP contribution in [0.2, 0.25) is 0 Å². The van der Waals surface area contributed by atoms with Crippen LogP contribution in [0.4, 0.5) is 11.6 Å². The maximum atomic E-state index is 9.32. The molecule has 10 heteroatoms. The number of aryl methyl sites for hydroxylation is 2. The van der Waals surface area contributed by atoms with Crippen LogP contribution >= 0.6 is 0 Å². The van der Waals surface area contributed by atoms with Crippen molar-refractivity contribution >= 4 is 22.7 Å². The topological polar surface area (TPSA) is 112 Å². The molecule has 0 spiro atoms. The summed E-state index contributed by atoms with van der Waals surface area (Å²) in [6, 6.07) is 13.8. The predicted molar refractivity (Wildman–Crippen MR) is 111 cm³/mol. The summed E-state index contributed by atoms with van der Waals surface area (Å²) in [7, 11) is 3.71. The Morgan fingerprint density at radius 3 is 2.67 bits per heavy atom. The van der Waals surface area contributed by atoms with E-state index >= 15 is 0 Å². The molecule has 30 heavy (non-hydrogen) atoms. The average Bonchev–Trinajstić information content (AvgIpc) is 3.48. The summed E-state index contributed by atoms with van der Waals surface area (Å²) in [4.78, 5) is 4.70. The molecular weight excluding hydrogens is 382 g/mol. The summed E-state index contributed by atoms with van der Waals surface area (Å²) in [5, 5.41) is 30.5. The number of anilines is 2. The van der Waals surface area contributed by atoms with Crippen LogP contribution in [0, 0.1) is 0 Å². The zero-order valence-electron chi connectivity index (χ0n) is 16.4. The summed E-state index contributed by atoms with van der Waals surface area (Å²) in [5.74, 6) is 1.41. The Balaban J connectivity index is 1.57. The first kappa shape index (κ1) is 18.0. The molecule has 0 bridgehead atoms. The van der Waals surface area contributed by atoms with Crippen molar-refractivity contribution in [2.24, 2.45) is 14.1 Å². The van der Waals surface area contributed by atoms with Gasteiger partial charge in [0.1, 0.15) is 17.3 Å². The first-order valence-corrected chi connectivity index (χ1v) is 9.34. The monoisotopic (exact) mass is 401 g/mol. The molecule has 0 fully saturated rings. The van der Waals surface area contributed by atoms with Gasteiger partial charge in [-0.05, 0) is 0 Å². The van der Waals surface area contributed by atoms with Crippen molar-refractivity contribution < 1.29 is 5.11 Å². The number of fused-ring (bicyclic) bond motifs is 1. The molecule has 0 aliphatic carbocycles. The molecule has 10 nitrogen and oxygen atoms in total. The van der Waals surface area contributed by atoms with Crippen LogP contribution in [0.15, 0.2) is 54.9 Å². The zero-order chi connectivity index (χ0) is 20.7. The largest absolute Gasteiger partial charge is 0.390 e. The Hall–Kier alpha value is -4.05. The highest BCUT2D eigenvalue weighted by Gasteiger charge is 2.15. The number of nitrogens with zero attached hydrogens (tertiary/aromatic N) is 8.